The molecule has 88 valence electrons. The van der Waals surface area contributed by atoms with Crippen molar-refractivity contribution in [3.63, 3.8) is 0 Å². The second-order valence-corrected chi connectivity index (χ2v) is 3.92. The molecule has 2 atom stereocenters. The van der Waals surface area contributed by atoms with Crippen LogP contribution in [0, 0.1) is 5.92 Å². The van der Waals surface area contributed by atoms with E-state index in [0.29, 0.717) is 12.1 Å². The minimum Gasteiger partial charge on any atom is -0.405 e. The molecule has 1 aromatic carbocycles. The minimum atomic E-state index is -4.64. The van der Waals surface area contributed by atoms with Crippen molar-refractivity contribution < 1.29 is 17.9 Å². The molecule has 2 N–H and O–H groups in total. The monoisotopic (exact) mass is 231 g/mol. The lowest BCUT2D eigenvalue weighted by atomic mass is 10.1. The van der Waals surface area contributed by atoms with E-state index in [9.17, 15) is 13.2 Å². The van der Waals surface area contributed by atoms with Crippen LogP contribution in [0.2, 0.25) is 0 Å². The van der Waals surface area contributed by atoms with Crippen LogP contribution in [0.4, 0.5) is 13.2 Å². The number of nitrogens with two attached hydrogens (primary N) is 1. The van der Waals surface area contributed by atoms with Crippen LogP contribution in [0.3, 0.4) is 0 Å². The molecule has 5 heteroatoms. The molecule has 0 aromatic heterocycles. The maximum atomic E-state index is 12.1. The van der Waals surface area contributed by atoms with Crippen LogP contribution < -0.4 is 10.5 Å². The third-order valence-electron chi connectivity index (χ3n) is 2.77. The number of rotatable bonds is 3. The highest BCUT2D eigenvalue weighted by molar-refractivity contribution is 5.39. The normalized spacial score (nSPS) is 24.2. The highest BCUT2D eigenvalue weighted by Crippen LogP contribution is 2.50. The molecule has 1 aliphatic rings. The van der Waals surface area contributed by atoms with Crippen LogP contribution in [-0.4, -0.2) is 12.9 Å². The zero-order valence-corrected chi connectivity index (χ0v) is 8.50. The Balaban J connectivity index is 2.19. The van der Waals surface area contributed by atoms with E-state index in [2.05, 4.69) is 4.74 Å². The summed E-state index contributed by atoms with van der Waals surface area (Å²) >= 11 is 0. The first kappa shape index (κ1) is 11.3. The highest BCUT2D eigenvalue weighted by atomic mass is 19.4. The van der Waals surface area contributed by atoms with Gasteiger partial charge in [0.05, 0.1) is 0 Å². The summed E-state index contributed by atoms with van der Waals surface area (Å²) in [7, 11) is 0. The van der Waals surface area contributed by atoms with Gasteiger partial charge in [-0.15, -0.1) is 13.2 Å². The van der Waals surface area contributed by atoms with Gasteiger partial charge >= 0.3 is 6.36 Å². The van der Waals surface area contributed by atoms with E-state index in [1.807, 2.05) is 0 Å². The van der Waals surface area contributed by atoms with Crippen molar-refractivity contribution in [2.45, 2.75) is 18.7 Å². The van der Waals surface area contributed by atoms with Crippen molar-refractivity contribution >= 4 is 0 Å². The highest BCUT2D eigenvalue weighted by Gasteiger charge is 2.40. The number of alkyl halides is 3. The molecule has 0 heterocycles. The summed E-state index contributed by atoms with van der Waals surface area (Å²) in [6.07, 6.45) is -3.79. The predicted octanol–water partition coefficient (Wildman–Crippen LogP) is 2.65. The van der Waals surface area contributed by atoms with Gasteiger partial charge in [0.15, 0.2) is 0 Å². The number of ether oxygens (including phenoxy) is 1. The lowest BCUT2D eigenvalue weighted by Crippen LogP contribution is -2.18. The Morgan fingerprint density at radius 2 is 2.00 bits per heavy atom. The summed E-state index contributed by atoms with van der Waals surface area (Å²) in [4.78, 5) is 0. The molecule has 0 unspecified atom stereocenters. The van der Waals surface area contributed by atoms with Crippen molar-refractivity contribution in [2.24, 2.45) is 11.7 Å². The van der Waals surface area contributed by atoms with Crippen molar-refractivity contribution in [2.75, 3.05) is 6.54 Å². The Labute approximate surface area is 91.2 Å². The first-order chi connectivity index (χ1) is 7.51. The van der Waals surface area contributed by atoms with Crippen LogP contribution in [0.1, 0.15) is 17.9 Å². The van der Waals surface area contributed by atoms with Gasteiger partial charge in [0.1, 0.15) is 5.75 Å². The molecule has 2 rings (SSSR count). The summed E-state index contributed by atoms with van der Waals surface area (Å²) in [5, 5.41) is 0. The third-order valence-corrected chi connectivity index (χ3v) is 2.77. The van der Waals surface area contributed by atoms with Crippen molar-refractivity contribution in [3.8, 4) is 5.75 Å². The average Bonchev–Trinajstić information content (AvgIpc) is 2.95. The van der Waals surface area contributed by atoms with Gasteiger partial charge in [-0.1, -0.05) is 18.2 Å². The summed E-state index contributed by atoms with van der Waals surface area (Å²) in [5.41, 5.74) is 6.08. The average molecular weight is 231 g/mol. The summed E-state index contributed by atoms with van der Waals surface area (Å²) in [6.45, 7) is 0.505. The molecule has 2 nitrogen and oxygen atoms in total. The quantitative estimate of drug-likeness (QED) is 0.867. The topological polar surface area (TPSA) is 35.2 Å². The largest absolute Gasteiger partial charge is 0.573 e. The van der Waals surface area contributed by atoms with E-state index in [-0.39, 0.29) is 17.6 Å². The molecule has 0 spiro atoms. The van der Waals surface area contributed by atoms with Gasteiger partial charge in [-0.25, -0.2) is 0 Å². The van der Waals surface area contributed by atoms with Gasteiger partial charge in [0.2, 0.25) is 0 Å². The van der Waals surface area contributed by atoms with Crippen LogP contribution in [0.15, 0.2) is 24.3 Å². The van der Waals surface area contributed by atoms with Crippen LogP contribution in [0.25, 0.3) is 0 Å². The van der Waals surface area contributed by atoms with Crippen molar-refractivity contribution in [3.05, 3.63) is 29.8 Å². The Morgan fingerprint density at radius 1 is 1.31 bits per heavy atom. The van der Waals surface area contributed by atoms with E-state index in [1.54, 1.807) is 12.1 Å². The molecule has 16 heavy (non-hydrogen) atoms. The van der Waals surface area contributed by atoms with E-state index in [0.717, 1.165) is 6.42 Å². The summed E-state index contributed by atoms with van der Waals surface area (Å²) in [5.74, 6) is 0.303. The van der Waals surface area contributed by atoms with Crippen LogP contribution in [-0.2, 0) is 0 Å². The fourth-order valence-electron chi connectivity index (χ4n) is 1.89. The van der Waals surface area contributed by atoms with Crippen molar-refractivity contribution in [1.29, 1.82) is 0 Å². The van der Waals surface area contributed by atoms with Gasteiger partial charge < -0.3 is 10.5 Å². The van der Waals surface area contributed by atoms with Gasteiger partial charge in [-0.3, -0.25) is 0 Å². The molecule has 0 amide bonds. The molecule has 1 aliphatic carbocycles. The first-order valence-corrected chi connectivity index (χ1v) is 5.06. The second-order valence-electron chi connectivity index (χ2n) is 3.92. The fraction of sp³-hybridized carbons (Fsp3) is 0.455. The Kier molecular flexibility index (Phi) is 2.80. The summed E-state index contributed by atoms with van der Waals surface area (Å²) < 4.78 is 40.4. The third kappa shape index (κ3) is 2.47. The second kappa shape index (κ2) is 3.97. The lowest BCUT2D eigenvalue weighted by molar-refractivity contribution is -0.274. The van der Waals surface area contributed by atoms with Crippen molar-refractivity contribution in [1.82, 2.24) is 0 Å². The Bertz CT molecular complexity index is 378. The molecule has 1 saturated carbocycles. The lowest BCUT2D eigenvalue weighted by Gasteiger charge is -2.12. The number of benzene rings is 1. The zero-order chi connectivity index (χ0) is 11.8. The molecule has 0 aliphatic heterocycles. The van der Waals surface area contributed by atoms with E-state index in [1.165, 1.54) is 12.1 Å². The van der Waals surface area contributed by atoms with Gasteiger partial charge in [-0.05, 0) is 36.4 Å². The molecule has 0 bridgehead atoms. The Morgan fingerprint density at radius 3 is 2.56 bits per heavy atom. The molecule has 0 radical (unpaired) electrons. The SMILES string of the molecule is NC[C@@H]1C[C@@H]1c1ccccc1OC(F)(F)F. The van der Waals surface area contributed by atoms with Crippen LogP contribution >= 0.6 is 0 Å². The number of hydrogen-bond donors (Lipinski definition) is 1. The number of para-hydroxylation sites is 1. The molecule has 1 fully saturated rings. The predicted molar refractivity (Wildman–Crippen MR) is 53.0 cm³/mol. The number of hydrogen-bond acceptors (Lipinski definition) is 2. The van der Waals surface area contributed by atoms with E-state index < -0.39 is 6.36 Å². The molecule has 0 saturated heterocycles. The maximum absolute atomic E-state index is 12.1. The summed E-state index contributed by atoms with van der Waals surface area (Å²) in [6, 6.07) is 6.25. The van der Waals surface area contributed by atoms with Gasteiger partial charge in [0, 0.05) is 0 Å². The van der Waals surface area contributed by atoms with Gasteiger partial charge in [-0.2, -0.15) is 0 Å². The first-order valence-electron chi connectivity index (χ1n) is 5.06. The zero-order valence-electron chi connectivity index (χ0n) is 8.50. The fourth-order valence-corrected chi connectivity index (χ4v) is 1.89. The van der Waals surface area contributed by atoms with E-state index >= 15 is 0 Å². The van der Waals surface area contributed by atoms with E-state index in [4.69, 9.17) is 5.73 Å². The minimum absolute atomic E-state index is 0.101. The standard InChI is InChI=1S/C11H12F3NO/c12-11(13,14)16-10-4-2-1-3-8(10)9-5-7(9)6-15/h1-4,7,9H,5-6,15H2/t7-,9-/m0/s1. The van der Waals surface area contributed by atoms with Gasteiger partial charge in [0.25, 0.3) is 0 Å². The molecular formula is C11H12F3NO. The molecule has 1 aromatic rings. The molecular weight excluding hydrogens is 219 g/mol. The smallest absolute Gasteiger partial charge is 0.405 e. The van der Waals surface area contributed by atoms with Crippen LogP contribution in [0.5, 0.6) is 5.75 Å². The maximum Gasteiger partial charge on any atom is 0.573 e. The number of halogens is 3. The Hall–Kier alpha value is -1.23.